The van der Waals surface area contributed by atoms with E-state index in [1.165, 1.54) is 29.6 Å². The summed E-state index contributed by atoms with van der Waals surface area (Å²) in [5.41, 5.74) is 6.53. The number of phosphoric ester groups is 1. The molecule has 0 spiro atoms. The second kappa shape index (κ2) is 20.7. The molecule has 1 saturated heterocycles. The molecule has 17 heteroatoms. The number of phosphoric acid groups is 1. The topological polar surface area (TPSA) is 171 Å². The standard InChI is InChI=1S/C47H49ClN5O8PS2/c1-31(2)52-32(3)44(47(54)55)45(46(52)33-12-14-35(48)15-13-33)34-8-7-9-38(28-34)51-25-23-50(24-26-51)37-16-18-40(19-17-37)64-41-20-21-42(43(29-41)53(56)57)49-36(22-27-61-62(58,59)60)30-63-39-10-5-4-6-11-39/h4-21,28-29,31,36,49H,22-27,30H2,1-3H3,(H,54,55)(H2,58,59,60). The minimum Gasteiger partial charge on any atom is -0.478 e. The second-order valence-corrected chi connectivity index (χ2v) is 19.5. The average molecular weight is 942 g/mol. The lowest BCUT2D eigenvalue weighted by Gasteiger charge is -2.37. The minimum absolute atomic E-state index is 0.0200. The van der Waals surface area contributed by atoms with Crippen LogP contribution in [0.2, 0.25) is 5.02 Å². The van der Waals surface area contributed by atoms with Crippen LogP contribution in [0.4, 0.5) is 22.7 Å². The summed E-state index contributed by atoms with van der Waals surface area (Å²) in [5, 5.41) is 26.6. The van der Waals surface area contributed by atoms with Crippen LogP contribution in [0.15, 0.2) is 136 Å². The smallest absolute Gasteiger partial charge is 0.469 e. The first-order valence-corrected chi connectivity index (χ1v) is 24.4. The minimum atomic E-state index is -4.67. The highest BCUT2D eigenvalue weighted by atomic mass is 35.5. The van der Waals surface area contributed by atoms with Crippen LogP contribution in [0.5, 0.6) is 0 Å². The monoisotopic (exact) mass is 941 g/mol. The number of hydrogen-bond acceptors (Lipinski definition) is 10. The highest BCUT2D eigenvalue weighted by Crippen LogP contribution is 2.43. The van der Waals surface area contributed by atoms with Gasteiger partial charge in [0.25, 0.3) is 5.69 Å². The van der Waals surface area contributed by atoms with Crippen LogP contribution in [0.1, 0.15) is 42.4 Å². The summed E-state index contributed by atoms with van der Waals surface area (Å²) >= 11 is 9.20. The summed E-state index contributed by atoms with van der Waals surface area (Å²) in [4.78, 5) is 50.3. The fraction of sp³-hybridized carbons (Fsp3) is 0.255. The number of nitro benzene ring substituents is 1. The van der Waals surface area contributed by atoms with E-state index in [0.717, 1.165) is 64.2 Å². The van der Waals surface area contributed by atoms with E-state index < -0.39 is 18.7 Å². The highest BCUT2D eigenvalue weighted by Gasteiger charge is 2.29. The number of carboxylic acids is 1. The number of anilines is 3. The molecule has 0 bridgehead atoms. The number of aromatic carboxylic acids is 1. The van der Waals surface area contributed by atoms with Gasteiger partial charge in [-0.2, -0.15) is 0 Å². The van der Waals surface area contributed by atoms with Crippen LogP contribution in [-0.2, 0) is 9.09 Å². The quantitative estimate of drug-likeness (QED) is 0.0278. The number of piperazine rings is 1. The van der Waals surface area contributed by atoms with Crippen molar-refractivity contribution in [2.24, 2.45) is 0 Å². The lowest BCUT2D eigenvalue weighted by atomic mass is 9.96. The van der Waals surface area contributed by atoms with Crippen molar-refractivity contribution in [1.29, 1.82) is 0 Å². The van der Waals surface area contributed by atoms with Crippen molar-refractivity contribution in [1.82, 2.24) is 4.57 Å². The SMILES string of the molecule is Cc1c(C(=O)O)c(-c2cccc(N3CCN(c4ccc(Sc5ccc(NC(CCOP(=O)(O)O)CSc6ccccc6)c([N+](=O)[O-])c5)cc4)CC3)c2)c(-c2ccc(Cl)cc2)n1C(C)C. The van der Waals surface area contributed by atoms with E-state index in [1.54, 1.807) is 6.07 Å². The van der Waals surface area contributed by atoms with Crippen LogP contribution in [-0.4, -0.2) is 74.9 Å². The Bertz CT molecular complexity index is 2640. The fourth-order valence-corrected chi connectivity index (χ4v) is 10.3. The second-order valence-electron chi connectivity index (χ2n) is 15.6. The predicted molar refractivity (Wildman–Crippen MR) is 258 cm³/mol. The molecule has 1 aliphatic rings. The molecule has 0 radical (unpaired) electrons. The molecular formula is C47H49ClN5O8PS2. The maximum atomic E-state index is 12.8. The van der Waals surface area contributed by atoms with E-state index in [2.05, 4.69) is 57.8 Å². The normalized spacial score (nSPS) is 13.6. The number of thioether (sulfide) groups is 1. The molecule has 1 aliphatic heterocycles. The van der Waals surface area contributed by atoms with Gasteiger partial charge >= 0.3 is 13.8 Å². The summed E-state index contributed by atoms with van der Waals surface area (Å²) in [6.45, 7) is 8.82. The summed E-state index contributed by atoms with van der Waals surface area (Å²) < 4.78 is 18.1. The van der Waals surface area contributed by atoms with Gasteiger partial charge in [0, 0.05) is 92.4 Å². The number of halogens is 1. The average Bonchev–Trinajstić information content (AvgIpc) is 3.59. The molecule has 1 atom stereocenters. The van der Waals surface area contributed by atoms with Gasteiger partial charge < -0.3 is 34.6 Å². The zero-order chi connectivity index (χ0) is 45.5. The Morgan fingerprint density at radius 1 is 0.844 bits per heavy atom. The number of benzene rings is 5. The summed E-state index contributed by atoms with van der Waals surface area (Å²) in [7, 11) is -4.67. The molecule has 6 aromatic rings. The molecule has 13 nitrogen and oxygen atoms in total. The number of nitro groups is 1. The van der Waals surface area contributed by atoms with Gasteiger partial charge in [0.15, 0.2) is 0 Å². The van der Waals surface area contributed by atoms with E-state index in [4.69, 9.17) is 16.1 Å². The fourth-order valence-electron chi connectivity index (χ4n) is 8.02. The van der Waals surface area contributed by atoms with Crippen LogP contribution in [0, 0.1) is 17.0 Å². The predicted octanol–water partition coefficient (Wildman–Crippen LogP) is 11.5. The van der Waals surface area contributed by atoms with Crippen LogP contribution < -0.4 is 15.1 Å². The number of nitrogens with one attached hydrogen (secondary N) is 1. The van der Waals surface area contributed by atoms with Gasteiger partial charge in [-0.25, -0.2) is 9.36 Å². The van der Waals surface area contributed by atoms with E-state index in [0.29, 0.717) is 38.2 Å². The molecule has 1 fully saturated rings. The Kier molecular flexibility index (Phi) is 15.1. The number of nitrogens with zero attached hydrogens (tertiary/aromatic N) is 4. The number of rotatable bonds is 18. The molecule has 0 saturated carbocycles. The molecule has 1 aromatic heterocycles. The van der Waals surface area contributed by atoms with Gasteiger partial charge in [-0.3, -0.25) is 14.6 Å². The molecule has 334 valence electrons. The lowest BCUT2D eigenvalue weighted by Crippen LogP contribution is -2.46. The third-order valence-corrected chi connectivity index (χ3v) is 13.9. The van der Waals surface area contributed by atoms with Crippen molar-refractivity contribution in [2.45, 2.75) is 54.0 Å². The van der Waals surface area contributed by atoms with Crippen molar-refractivity contribution < 1.29 is 33.7 Å². The van der Waals surface area contributed by atoms with Crippen molar-refractivity contribution >= 4 is 71.7 Å². The summed E-state index contributed by atoms with van der Waals surface area (Å²) in [6.07, 6.45) is 0.211. The zero-order valence-corrected chi connectivity index (χ0v) is 38.7. The van der Waals surface area contributed by atoms with Crippen molar-refractivity contribution in [3.63, 3.8) is 0 Å². The van der Waals surface area contributed by atoms with E-state index in [9.17, 15) is 34.4 Å². The Morgan fingerprint density at radius 2 is 1.50 bits per heavy atom. The Hall–Kier alpha value is -5.25. The zero-order valence-electron chi connectivity index (χ0n) is 35.5. The van der Waals surface area contributed by atoms with Gasteiger partial charge in [-0.1, -0.05) is 65.8 Å². The third kappa shape index (κ3) is 11.5. The Balaban J connectivity index is 1.02. The van der Waals surface area contributed by atoms with E-state index in [-0.39, 0.29) is 30.8 Å². The van der Waals surface area contributed by atoms with Crippen LogP contribution >= 0.6 is 42.9 Å². The lowest BCUT2D eigenvalue weighted by molar-refractivity contribution is -0.384. The molecule has 64 heavy (non-hydrogen) atoms. The maximum Gasteiger partial charge on any atom is 0.469 e. The first kappa shape index (κ1) is 46.7. The molecule has 7 rings (SSSR count). The van der Waals surface area contributed by atoms with Crippen molar-refractivity contribution in [2.75, 3.05) is 53.7 Å². The van der Waals surface area contributed by atoms with Crippen molar-refractivity contribution in [3.05, 3.63) is 148 Å². The Labute approximate surface area is 385 Å². The molecule has 1 unspecified atom stereocenters. The number of carbonyl (C=O) groups is 1. The molecule has 5 aromatic carbocycles. The molecular weight excluding hydrogens is 893 g/mol. The number of carboxylic acid groups (broad SMARTS) is 1. The summed E-state index contributed by atoms with van der Waals surface area (Å²) in [6, 6.07) is 38.1. The van der Waals surface area contributed by atoms with Gasteiger partial charge in [0.1, 0.15) is 5.69 Å². The highest BCUT2D eigenvalue weighted by molar-refractivity contribution is 7.99. The van der Waals surface area contributed by atoms with E-state index in [1.807, 2.05) is 91.9 Å². The van der Waals surface area contributed by atoms with Crippen LogP contribution in [0.25, 0.3) is 22.4 Å². The van der Waals surface area contributed by atoms with Gasteiger partial charge in [0.2, 0.25) is 0 Å². The number of aromatic nitrogens is 1. The molecule has 4 N–H and O–H groups in total. The first-order chi connectivity index (χ1) is 30.6. The molecule has 0 amide bonds. The third-order valence-electron chi connectivity index (χ3n) is 11.0. The van der Waals surface area contributed by atoms with Gasteiger partial charge in [-0.05, 0) is 111 Å². The first-order valence-electron chi connectivity index (χ1n) is 20.7. The van der Waals surface area contributed by atoms with Gasteiger partial charge in [0.05, 0.1) is 22.8 Å². The van der Waals surface area contributed by atoms with E-state index >= 15 is 0 Å². The number of hydrogen-bond donors (Lipinski definition) is 4. The summed E-state index contributed by atoms with van der Waals surface area (Å²) in [5.74, 6) is -0.490. The Morgan fingerprint density at radius 3 is 2.12 bits per heavy atom. The van der Waals surface area contributed by atoms with Crippen LogP contribution in [0.3, 0.4) is 0 Å². The molecule has 0 aliphatic carbocycles. The van der Waals surface area contributed by atoms with Crippen molar-refractivity contribution in [3.8, 4) is 22.4 Å². The molecule has 2 heterocycles. The maximum absolute atomic E-state index is 12.8. The van der Waals surface area contributed by atoms with Gasteiger partial charge in [-0.15, -0.1) is 11.8 Å². The largest absolute Gasteiger partial charge is 0.478 e.